The van der Waals surface area contributed by atoms with E-state index < -0.39 is 5.97 Å². The number of aryl methyl sites for hydroxylation is 1. The fourth-order valence-corrected chi connectivity index (χ4v) is 4.55. The highest BCUT2D eigenvalue weighted by Gasteiger charge is 2.26. The zero-order chi connectivity index (χ0) is 20.2. The number of aromatic nitrogens is 3. The van der Waals surface area contributed by atoms with Gasteiger partial charge in [0.1, 0.15) is 0 Å². The van der Waals surface area contributed by atoms with Crippen LogP contribution in [0.1, 0.15) is 29.7 Å². The number of nitrogens with one attached hydrogen (secondary N) is 1. The van der Waals surface area contributed by atoms with Crippen molar-refractivity contribution in [1.29, 1.82) is 0 Å². The van der Waals surface area contributed by atoms with Crippen LogP contribution in [0, 0.1) is 12.8 Å². The van der Waals surface area contributed by atoms with Crippen molar-refractivity contribution in [3.05, 3.63) is 59.4 Å². The summed E-state index contributed by atoms with van der Waals surface area (Å²) in [6.07, 6.45) is 3.31. The number of carbonyl (C=O) groups is 1. The molecule has 0 saturated carbocycles. The molecule has 1 aliphatic rings. The summed E-state index contributed by atoms with van der Waals surface area (Å²) >= 11 is 1.54. The van der Waals surface area contributed by atoms with Gasteiger partial charge in [-0.3, -0.25) is 9.36 Å². The van der Waals surface area contributed by atoms with Crippen molar-refractivity contribution in [3.8, 4) is 5.13 Å². The summed E-state index contributed by atoms with van der Waals surface area (Å²) in [6, 6.07) is 12.5. The lowest BCUT2D eigenvalue weighted by atomic mass is 9.98. The van der Waals surface area contributed by atoms with E-state index in [1.807, 2.05) is 12.3 Å². The Hall–Kier alpha value is -2.71. The van der Waals surface area contributed by atoms with E-state index in [0.29, 0.717) is 25.9 Å². The molecule has 3 heterocycles. The molecule has 0 amide bonds. The van der Waals surface area contributed by atoms with E-state index in [1.165, 1.54) is 11.1 Å². The predicted octanol–water partition coefficient (Wildman–Crippen LogP) is 3.23. The maximum absolute atomic E-state index is 11.1. The van der Waals surface area contributed by atoms with Gasteiger partial charge in [-0.1, -0.05) is 35.6 Å². The van der Waals surface area contributed by atoms with Crippen LogP contribution >= 0.6 is 11.3 Å². The molecule has 1 saturated heterocycles. The Balaban J connectivity index is 1.39. The molecular weight excluding hydrogens is 386 g/mol. The second-order valence-corrected chi connectivity index (χ2v) is 8.30. The second-order valence-electron chi connectivity index (χ2n) is 7.37. The summed E-state index contributed by atoms with van der Waals surface area (Å²) in [4.78, 5) is 13.3. The third kappa shape index (κ3) is 4.49. The van der Waals surface area contributed by atoms with Gasteiger partial charge >= 0.3 is 5.97 Å². The average Bonchev–Trinajstić information content (AvgIpc) is 3.39. The van der Waals surface area contributed by atoms with E-state index >= 15 is 0 Å². The van der Waals surface area contributed by atoms with E-state index in [0.717, 1.165) is 29.0 Å². The van der Waals surface area contributed by atoms with Gasteiger partial charge in [0, 0.05) is 38.1 Å². The first-order valence-corrected chi connectivity index (χ1v) is 10.7. The van der Waals surface area contributed by atoms with Crippen molar-refractivity contribution in [2.75, 3.05) is 18.0 Å². The fourth-order valence-electron chi connectivity index (χ4n) is 3.63. The molecule has 1 aromatic carbocycles. The van der Waals surface area contributed by atoms with Gasteiger partial charge in [-0.2, -0.15) is 0 Å². The molecule has 0 bridgehead atoms. The number of anilines is 1. The quantitative estimate of drug-likeness (QED) is 0.621. The second kappa shape index (κ2) is 8.75. The van der Waals surface area contributed by atoms with Crippen LogP contribution < -0.4 is 10.2 Å². The molecular formula is C21H25N5O2S. The minimum Gasteiger partial charge on any atom is -0.481 e. The lowest BCUT2D eigenvalue weighted by Crippen LogP contribution is -2.36. The summed E-state index contributed by atoms with van der Waals surface area (Å²) in [7, 11) is 0. The number of benzene rings is 1. The molecule has 0 atom stereocenters. The average molecular weight is 412 g/mol. The smallest absolute Gasteiger partial charge is 0.306 e. The molecule has 29 heavy (non-hydrogen) atoms. The lowest BCUT2D eigenvalue weighted by molar-refractivity contribution is -0.142. The van der Waals surface area contributed by atoms with Crippen molar-refractivity contribution < 1.29 is 9.90 Å². The summed E-state index contributed by atoms with van der Waals surface area (Å²) in [5, 5.41) is 23.1. The van der Waals surface area contributed by atoms with Crippen LogP contribution in [0.25, 0.3) is 5.13 Å². The molecule has 2 aromatic heterocycles. The summed E-state index contributed by atoms with van der Waals surface area (Å²) in [5.41, 5.74) is 3.72. The molecule has 0 aliphatic carbocycles. The zero-order valence-electron chi connectivity index (χ0n) is 16.4. The van der Waals surface area contributed by atoms with Crippen LogP contribution in [0.4, 0.5) is 5.13 Å². The van der Waals surface area contributed by atoms with Gasteiger partial charge in [-0.05, 0) is 43.0 Å². The number of aliphatic carboxylic acids is 1. The molecule has 2 N–H and O–H groups in total. The molecule has 0 unspecified atom stereocenters. The topological polar surface area (TPSA) is 83.3 Å². The Morgan fingerprint density at radius 1 is 1.14 bits per heavy atom. The van der Waals surface area contributed by atoms with Gasteiger partial charge in [-0.15, -0.1) is 10.2 Å². The first kappa shape index (κ1) is 19.6. The van der Waals surface area contributed by atoms with Crippen LogP contribution in [0.2, 0.25) is 0 Å². The normalized spacial score (nSPS) is 15.0. The van der Waals surface area contributed by atoms with Gasteiger partial charge in [-0.25, -0.2) is 0 Å². The predicted molar refractivity (Wildman–Crippen MR) is 114 cm³/mol. The number of rotatable bonds is 7. The van der Waals surface area contributed by atoms with Crippen LogP contribution in [-0.4, -0.2) is 38.9 Å². The van der Waals surface area contributed by atoms with Crippen molar-refractivity contribution in [2.45, 2.75) is 32.9 Å². The van der Waals surface area contributed by atoms with Gasteiger partial charge in [0.05, 0.1) is 5.92 Å². The standard InChI is InChI=1S/C21H25N5O2S/c1-15-5-2-3-6-17(15)13-22-14-18-7-4-10-26(18)21-24-23-20(29-21)25-11-8-16(9-12-25)19(27)28/h2-7,10,16,22H,8-9,11-14H2,1H3,(H,27,28). The van der Waals surface area contributed by atoms with Gasteiger partial charge in [0.2, 0.25) is 10.3 Å². The number of nitrogens with zero attached hydrogens (tertiary/aromatic N) is 4. The van der Waals surface area contributed by atoms with Crippen molar-refractivity contribution >= 4 is 22.4 Å². The van der Waals surface area contributed by atoms with E-state index in [-0.39, 0.29) is 5.92 Å². The van der Waals surface area contributed by atoms with Crippen LogP contribution in [-0.2, 0) is 17.9 Å². The molecule has 4 rings (SSSR count). The van der Waals surface area contributed by atoms with Gasteiger partial charge < -0.3 is 15.3 Å². The number of hydrogen-bond donors (Lipinski definition) is 2. The summed E-state index contributed by atoms with van der Waals surface area (Å²) < 4.78 is 2.07. The Kier molecular flexibility index (Phi) is 5.92. The lowest BCUT2D eigenvalue weighted by Gasteiger charge is -2.29. The Bertz CT molecular complexity index is 975. The largest absolute Gasteiger partial charge is 0.481 e. The molecule has 8 heteroatoms. The molecule has 0 radical (unpaired) electrons. The molecule has 7 nitrogen and oxygen atoms in total. The van der Waals surface area contributed by atoms with Gasteiger partial charge in [0.15, 0.2) is 0 Å². The molecule has 3 aromatic rings. The summed E-state index contributed by atoms with van der Waals surface area (Å²) in [6.45, 7) is 5.10. The molecule has 1 fully saturated rings. The van der Waals surface area contributed by atoms with Crippen LogP contribution in [0.15, 0.2) is 42.6 Å². The van der Waals surface area contributed by atoms with E-state index in [1.54, 1.807) is 11.3 Å². The fraction of sp³-hybridized carbons (Fsp3) is 0.381. The monoisotopic (exact) mass is 411 g/mol. The molecule has 152 valence electrons. The third-order valence-corrected chi connectivity index (χ3v) is 6.42. The van der Waals surface area contributed by atoms with E-state index in [2.05, 4.69) is 62.2 Å². The summed E-state index contributed by atoms with van der Waals surface area (Å²) in [5.74, 6) is -0.938. The minimum atomic E-state index is -0.696. The van der Waals surface area contributed by atoms with E-state index in [9.17, 15) is 4.79 Å². The minimum absolute atomic E-state index is 0.242. The van der Waals surface area contributed by atoms with Crippen molar-refractivity contribution in [1.82, 2.24) is 20.1 Å². The first-order chi connectivity index (χ1) is 14.1. The van der Waals surface area contributed by atoms with E-state index in [4.69, 9.17) is 5.11 Å². The molecule has 1 aliphatic heterocycles. The number of carboxylic acid groups (broad SMARTS) is 1. The van der Waals surface area contributed by atoms with Crippen molar-refractivity contribution in [3.63, 3.8) is 0 Å². The number of carboxylic acids is 1. The molecule has 0 spiro atoms. The maximum Gasteiger partial charge on any atom is 0.306 e. The Morgan fingerprint density at radius 2 is 1.90 bits per heavy atom. The highest BCUT2D eigenvalue weighted by molar-refractivity contribution is 7.17. The Labute approximate surface area is 174 Å². The zero-order valence-corrected chi connectivity index (χ0v) is 17.2. The Morgan fingerprint density at radius 3 is 2.66 bits per heavy atom. The first-order valence-electron chi connectivity index (χ1n) is 9.85. The van der Waals surface area contributed by atoms with Crippen LogP contribution in [0.5, 0.6) is 0 Å². The highest BCUT2D eigenvalue weighted by Crippen LogP contribution is 2.28. The number of piperidine rings is 1. The van der Waals surface area contributed by atoms with Crippen molar-refractivity contribution in [2.24, 2.45) is 5.92 Å². The number of hydrogen-bond acceptors (Lipinski definition) is 6. The highest BCUT2D eigenvalue weighted by atomic mass is 32.1. The van der Waals surface area contributed by atoms with Gasteiger partial charge in [0.25, 0.3) is 0 Å². The SMILES string of the molecule is Cc1ccccc1CNCc1cccn1-c1nnc(N2CCC(C(=O)O)CC2)s1. The third-order valence-electron chi connectivity index (χ3n) is 5.44. The maximum atomic E-state index is 11.1. The van der Waals surface area contributed by atoms with Crippen LogP contribution in [0.3, 0.4) is 0 Å².